The van der Waals surface area contributed by atoms with Gasteiger partial charge in [0.25, 0.3) is 0 Å². The quantitative estimate of drug-likeness (QED) is 0.831. The second-order valence-corrected chi connectivity index (χ2v) is 6.82. The van der Waals surface area contributed by atoms with Crippen LogP contribution in [0.25, 0.3) is 0 Å². The highest BCUT2D eigenvalue weighted by Crippen LogP contribution is 2.32. The first-order chi connectivity index (χ1) is 9.24. The summed E-state index contributed by atoms with van der Waals surface area (Å²) < 4.78 is 0. The van der Waals surface area contributed by atoms with Crippen LogP contribution in [0.1, 0.15) is 55.1 Å². The Morgan fingerprint density at radius 3 is 2.79 bits per heavy atom. The van der Waals surface area contributed by atoms with Crippen molar-refractivity contribution in [2.75, 3.05) is 13.1 Å². The summed E-state index contributed by atoms with van der Waals surface area (Å²) in [4.78, 5) is 19.2. The Morgan fingerprint density at radius 2 is 2.11 bits per heavy atom. The lowest BCUT2D eigenvalue weighted by molar-refractivity contribution is -0.136. The van der Waals surface area contributed by atoms with Gasteiger partial charge in [0.2, 0.25) is 5.91 Å². The van der Waals surface area contributed by atoms with Gasteiger partial charge in [0, 0.05) is 36.0 Å². The summed E-state index contributed by atoms with van der Waals surface area (Å²) in [6.45, 7) is 3.89. The van der Waals surface area contributed by atoms with Crippen LogP contribution < -0.4 is 0 Å². The van der Waals surface area contributed by atoms with Crippen LogP contribution in [0.4, 0.5) is 0 Å². The van der Waals surface area contributed by atoms with E-state index in [1.165, 1.54) is 24.3 Å². The average molecular weight is 278 g/mol. The fraction of sp³-hybridized carbons (Fsp3) is 0.733. The summed E-state index contributed by atoms with van der Waals surface area (Å²) in [5.41, 5.74) is 1.11. The SMILES string of the molecule is Cc1csc(C2CCCN(C(=O)C3CCCC3)C2)n1. The molecule has 4 heteroatoms. The lowest BCUT2D eigenvalue weighted by atomic mass is 9.96. The molecule has 1 aromatic heterocycles. The topological polar surface area (TPSA) is 33.2 Å². The molecule has 3 nitrogen and oxygen atoms in total. The Kier molecular flexibility index (Phi) is 3.87. The fourth-order valence-corrected chi connectivity index (χ4v) is 4.30. The minimum atomic E-state index is 0.316. The zero-order valence-electron chi connectivity index (χ0n) is 11.6. The molecule has 0 spiro atoms. The average Bonchev–Trinajstić information content (AvgIpc) is 3.09. The van der Waals surface area contributed by atoms with E-state index in [9.17, 15) is 4.79 Å². The first-order valence-electron chi connectivity index (χ1n) is 7.45. The van der Waals surface area contributed by atoms with Gasteiger partial charge in [-0.3, -0.25) is 4.79 Å². The minimum Gasteiger partial charge on any atom is -0.342 e. The van der Waals surface area contributed by atoms with E-state index in [1.807, 2.05) is 6.92 Å². The number of thiazole rings is 1. The third-order valence-corrected chi connectivity index (χ3v) is 5.55. The van der Waals surface area contributed by atoms with E-state index < -0.39 is 0 Å². The molecule has 1 atom stereocenters. The third-order valence-electron chi connectivity index (χ3n) is 4.42. The van der Waals surface area contributed by atoms with E-state index in [4.69, 9.17) is 0 Å². The molecule has 2 heterocycles. The van der Waals surface area contributed by atoms with Crippen LogP contribution in [-0.2, 0) is 4.79 Å². The largest absolute Gasteiger partial charge is 0.342 e. The van der Waals surface area contributed by atoms with E-state index in [0.717, 1.165) is 38.0 Å². The smallest absolute Gasteiger partial charge is 0.225 e. The zero-order valence-corrected chi connectivity index (χ0v) is 12.4. The molecule has 0 aromatic carbocycles. The predicted octanol–water partition coefficient (Wildman–Crippen LogP) is 3.35. The van der Waals surface area contributed by atoms with Gasteiger partial charge < -0.3 is 4.90 Å². The zero-order chi connectivity index (χ0) is 13.2. The summed E-state index contributed by atoms with van der Waals surface area (Å²) in [5, 5.41) is 3.34. The number of hydrogen-bond donors (Lipinski definition) is 0. The lowest BCUT2D eigenvalue weighted by Crippen LogP contribution is -2.41. The maximum absolute atomic E-state index is 12.5. The Labute approximate surface area is 119 Å². The molecule has 1 aliphatic carbocycles. The molecule has 19 heavy (non-hydrogen) atoms. The van der Waals surface area contributed by atoms with Crippen LogP contribution in [0.3, 0.4) is 0 Å². The predicted molar refractivity (Wildman–Crippen MR) is 77.4 cm³/mol. The highest BCUT2D eigenvalue weighted by molar-refractivity contribution is 7.09. The van der Waals surface area contributed by atoms with Gasteiger partial charge in [0.1, 0.15) is 0 Å². The second kappa shape index (κ2) is 5.61. The van der Waals surface area contributed by atoms with Gasteiger partial charge in [-0.25, -0.2) is 4.98 Å². The number of aryl methyl sites for hydroxylation is 1. The highest BCUT2D eigenvalue weighted by atomic mass is 32.1. The van der Waals surface area contributed by atoms with Crippen molar-refractivity contribution in [2.24, 2.45) is 5.92 Å². The molecule has 1 aromatic rings. The number of likely N-dealkylation sites (tertiary alicyclic amines) is 1. The molecule has 1 saturated carbocycles. The van der Waals surface area contributed by atoms with Crippen LogP contribution in [0.5, 0.6) is 0 Å². The van der Waals surface area contributed by atoms with Crippen LogP contribution >= 0.6 is 11.3 Å². The number of carbonyl (C=O) groups excluding carboxylic acids is 1. The molecule has 0 bridgehead atoms. The Bertz CT molecular complexity index is 451. The van der Waals surface area contributed by atoms with Gasteiger partial charge in [-0.2, -0.15) is 0 Å². The van der Waals surface area contributed by atoms with Gasteiger partial charge in [0.05, 0.1) is 5.01 Å². The molecule has 104 valence electrons. The number of piperidine rings is 1. The molecule has 1 amide bonds. The van der Waals surface area contributed by atoms with Crippen LogP contribution in [-0.4, -0.2) is 28.9 Å². The van der Waals surface area contributed by atoms with Crippen LogP contribution in [0, 0.1) is 12.8 Å². The second-order valence-electron chi connectivity index (χ2n) is 5.93. The van der Waals surface area contributed by atoms with Crippen LogP contribution in [0.2, 0.25) is 0 Å². The summed E-state index contributed by atoms with van der Waals surface area (Å²) in [5.74, 6) is 1.20. The van der Waals surface area contributed by atoms with Gasteiger partial charge in [0.15, 0.2) is 0 Å². The van der Waals surface area contributed by atoms with E-state index in [1.54, 1.807) is 11.3 Å². The van der Waals surface area contributed by atoms with E-state index in [-0.39, 0.29) is 0 Å². The Hall–Kier alpha value is -0.900. The summed E-state index contributed by atoms with van der Waals surface area (Å²) in [7, 11) is 0. The van der Waals surface area contributed by atoms with Gasteiger partial charge in [-0.15, -0.1) is 11.3 Å². The number of hydrogen-bond acceptors (Lipinski definition) is 3. The molecule has 0 radical (unpaired) electrons. The molecule has 2 aliphatic rings. The number of amides is 1. The van der Waals surface area contributed by atoms with Crippen molar-refractivity contribution in [2.45, 2.75) is 51.4 Å². The van der Waals surface area contributed by atoms with Crippen molar-refractivity contribution >= 4 is 17.2 Å². The normalized spacial score (nSPS) is 24.9. The molecular formula is C15H22N2OS. The standard InChI is InChI=1S/C15H22N2OS/c1-11-10-19-14(16-11)13-7-4-8-17(9-13)15(18)12-5-2-3-6-12/h10,12-13H,2-9H2,1H3. The first kappa shape index (κ1) is 13.1. The maximum Gasteiger partial charge on any atom is 0.225 e. The summed E-state index contributed by atoms with van der Waals surface area (Å²) >= 11 is 1.75. The van der Waals surface area contributed by atoms with Crippen molar-refractivity contribution < 1.29 is 4.79 Å². The van der Waals surface area contributed by atoms with E-state index in [2.05, 4.69) is 15.3 Å². The fourth-order valence-electron chi connectivity index (χ4n) is 3.37. The molecule has 1 unspecified atom stereocenters. The monoisotopic (exact) mass is 278 g/mol. The van der Waals surface area contributed by atoms with Crippen molar-refractivity contribution in [3.05, 3.63) is 16.1 Å². The molecule has 0 N–H and O–H groups in total. The van der Waals surface area contributed by atoms with Gasteiger partial charge in [-0.1, -0.05) is 12.8 Å². The molecule has 1 aliphatic heterocycles. The van der Waals surface area contributed by atoms with Gasteiger partial charge in [-0.05, 0) is 32.6 Å². The summed E-state index contributed by atoms with van der Waals surface area (Å²) in [6.07, 6.45) is 6.99. The number of aromatic nitrogens is 1. The third kappa shape index (κ3) is 2.83. The minimum absolute atomic E-state index is 0.316. The highest BCUT2D eigenvalue weighted by Gasteiger charge is 2.31. The number of rotatable bonds is 2. The summed E-state index contributed by atoms with van der Waals surface area (Å²) in [6, 6.07) is 0. The number of nitrogens with zero attached hydrogens (tertiary/aromatic N) is 2. The molecule has 3 rings (SSSR count). The van der Waals surface area contributed by atoms with Crippen LogP contribution in [0.15, 0.2) is 5.38 Å². The Balaban J connectivity index is 1.65. The van der Waals surface area contributed by atoms with Crippen molar-refractivity contribution in [1.29, 1.82) is 0 Å². The maximum atomic E-state index is 12.5. The van der Waals surface area contributed by atoms with Crippen molar-refractivity contribution in [3.63, 3.8) is 0 Å². The van der Waals surface area contributed by atoms with Crippen molar-refractivity contribution in [1.82, 2.24) is 9.88 Å². The van der Waals surface area contributed by atoms with Gasteiger partial charge >= 0.3 is 0 Å². The first-order valence-corrected chi connectivity index (χ1v) is 8.33. The molecular weight excluding hydrogens is 256 g/mol. The lowest BCUT2D eigenvalue weighted by Gasteiger charge is -2.33. The molecule has 1 saturated heterocycles. The molecule has 2 fully saturated rings. The van der Waals surface area contributed by atoms with E-state index in [0.29, 0.717) is 17.7 Å². The van der Waals surface area contributed by atoms with E-state index >= 15 is 0 Å². The number of carbonyl (C=O) groups is 1. The van der Waals surface area contributed by atoms with Crippen molar-refractivity contribution in [3.8, 4) is 0 Å². The Morgan fingerprint density at radius 1 is 1.32 bits per heavy atom.